The number of anilines is 1. The Morgan fingerprint density at radius 3 is 2.34 bits per heavy atom. The Kier molecular flexibility index (Phi) is 5.85. The van der Waals surface area contributed by atoms with Gasteiger partial charge in [-0.15, -0.1) is 0 Å². The summed E-state index contributed by atoms with van der Waals surface area (Å²) in [6.45, 7) is 2.27. The maximum atomic E-state index is 12.9. The molecule has 0 fully saturated rings. The van der Waals surface area contributed by atoms with Crippen molar-refractivity contribution in [3.05, 3.63) is 98.7 Å². The van der Waals surface area contributed by atoms with E-state index in [-0.39, 0.29) is 0 Å². The van der Waals surface area contributed by atoms with E-state index in [4.69, 9.17) is 0 Å². The maximum absolute atomic E-state index is 12.9. The lowest BCUT2D eigenvalue weighted by atomic mass is 10.2. The van der Waals surface area contributed by atoms with E-state index in [2.05, 4.69) is 15.5 Å². The molecule has 0 spiro atoms. The van der Waals surface area contributed by atoms with Gasteiger partial charge in [-0.1, -0.05) is 66.7 Å². The number of hydrogen-bond donors (Lipinski definition) is 1. The van der Waals surface area contributed by atoms with E-state index in [9.17, 15) is 9.59 Å². The number of rotatable bonds is 6. The molecule has 0 radical (unpaired) electrons. The van der Waals surface area contributed by atoms with Crippen molar-refractivity contribution in [1.29, 1.82) is 0 Å². The lowest BCUT2D eigenvalue weighted by Gasteiger charge is -2.09. The number of fused-ring (bicyclic) bond motifs is 1. The molecule has 0 unspecified atom stereocenters. The van der Waals surface area contributed by atoms with Crippen LogP contribution >= 0.6 is 0 Å². The topological polar surface area (TPSA) is 86.2 Å². The van der Waals surface area contributed by atoms with Crippen molar-refractivity contribution < 1.29 is 0 Å². The number of hydrogen-bond acceptors (Lipinski definition) is 5. The Bertz CT molecular complexity index is 1430. The monoisotopic (exact) mass is 428 g/mol. The van der Waals surface area contributed by atoms with Crippen LogP contribution in [0.3, 0.4) is 0 Å². The minimum atomic E-state index is -0.427. The van der Waals surface area contributed by atoms with Crippen molar-refractivity contribution in [2.75, 3.05) is 5.43 Å². The molecule has 4 rings (SSSR count). The molecule has 162 valence electrons. The molecule has 0 atom stereocenters. The van der Waals surface area contributed by atoms with Crippen molar-refractivity contribution in [2.24, 2.45) is 19.2 Å². The van der Waals surface area contributed by atoms with Crippen LogP contribution < -0.4 is 16.7 Å². The Balaban J connectivity index is 1.76. The summed E-state index contributed by atoms with van der Waals surface area (Å²) >= 11 is 0. The smallest absolute Gasteiger partial charge is 0.298 e. The number of nitrogens with zero attached hydrogens (tertiary/aromatic N) is 5. The number of imidazole rings is 1. The van der Waals surface area contributed by atoms with Gasteiger partial charge in [0.1, 0.15) is 0 Å². The average Bonchev–Trinajstić information content (AvgIpc) is 3.18. The van der Waals surface area contributed by atoms with E-state index in [1.165, 1.54) is 11.6 Å². The molecule has 1 N–H and O–H groups in total. The maximum Gasteiger partial charge on any atom is 0.332 e. The Hall–Kier alpha value is -4.20. The summed E-state index contributed by atoms with van der Waals surface area (Å²) in [5.74, 6) is 0.384. The fraction of sp³-hybridized carbons (Fsp3) is 0.167. The van der Waals surface area contributed by atoms with E-state index in [0.29, 0.717) is 23.7 Å². The normalized spacial score (nSPS) is 12.0. The first-order valence-electron chi connectivity index (χ1n) is 10.2. The van der Waals surface area contributed by atoms with E-state index in [1.54, 1.807) is 11.6 Å². The molecule has 0 saturated heterocycles. The number of allylic oxidation sites excluding steroid dienone is 1. The molecule has 8 nitrogen and oxygen atoms in total. The number of aromatic nitrogens is 4. The second-order valence-corrected chi connectivity index (χ2v) is 7.49. The third-order valence-corrected chi connectivity index (χ3v) is 5.18. The zero-order chi connectivity index (χ0) is 22.7. The second kappa shape index (κ2) is 8.89. The molecular formula is C24H24N6O2. The average molecular weight is 428 g/mol. The number of nitrogens with one attached hydrogen (secondary N) is 1. The fourth-order valence-corrected chi connectivity index (χ4v) is 3.41. The van der Waals surface area contributed by atoms with Gasteiger partial charge in [0.25, 0.3) is 5.56 Å². The van der Waals surface area contributed by atoms with Crippen molar-refractivity contribution in [3.63, 3.8) is 0 Å². The molecule has 2 aromatic carbocycles. The fourth-order valence-electron chi connectivity index (χ4n) is 3.41. The minimum Gasteiger partial charge on any atom is -0.298 e. The van der Waals surface area contributed by atoms with Crippen LogP contribution in [0, 0.1) is 0 Å². The summed E-state index contributed by atoms with van der Waals surface area (Å²) in [4.78, 5) is 29.9. The van der Waals surface area contributed by atoms with Gasteiger partial charge in [0.05, 0.1) is 12.3 Å². The summed E-state index contributed by atoms with van der Waals surface area (Å²) in [5, 5.41) is 4.41. The van der Waals surface area contributed by atoms with Gasteiger partial charge < -0.3 is 0 Å². The first-order valence-corrected chi connectivity index (χ1v) is 10.2. The summed E-state index contributed by atoms with van der Waals surface area (Å²) in [5.41, 5.74) is 5.60. The van der Waals surface area contributed by atoms with Crippen molar-refractivity contribution in [2.45, 2.75) is 13.5 Å². The number of benzene rings is 2. The largest absolute Gasteiger partial charge is 0.332 e. The molecule has 4 aromatic rings. The van der Waals surface area contributed by atoms with Gasteiger partial charge in [-0.3, -0.25) is 18.5 Å². The quantitative estimate of drug-likeness (QED) is 0.378. The summed E-state index contributed by atoms with van der Waals surface area (Å²) in [7, 11) is 3.07. The van der Waals surface area contributed by atoms with E-state index in [1.807, 2.05) is 79.7 Å². The predicted octanol–water partition coefficient (Wildman–Crippen LogP) is 2.98. The highest BCUT2D eigenvalue weighted by atomic mass is 16.2. The highest BCUT2D eigenvalue weighted by molar-refractivity contribution is 5.96. The molecule has 0 saturated carbocycles. The van der Waals surface area contributed by atoms with Gasteiger partial charge >= 0.3 is 5.69 Å². The standard InChI is InChI=1S/C24H24N6O2/c1-17(14-15-18-10-6-4-7-11-18)26-27-23-25-21-20(22(31)29(3)24(32)28(21)2)30(23)16-19-12-8-5-9-13-19/h4-15H,16H2,1-3H3,(H,25,27)/b15-14+,26-17+. The summed E-state index contributed by atoms with van der Waals surface area (Å²) in [6.07, 6.45) is 3.86. The van der Waals surface area contributed by atoms with Crippen LogP contribution in [-0.2, 0) is 20.6 Å². The molecule has 2 aromatic heterocycles. The van der Waals surface area contributed by atoms with Crippen LogP contribution in [-0.4, -0.2) is 24.4 Å². The lowest BCUT2D eigenvalue weighted by Crippen LogP contribution is -2.37. The van der Waals surface area contributed by atoms with Gasteiger partial charge in [-0.2, -0.15) is 10.1 Å². The third-order valence-electron chi connectivity index (χ3n) is 5.18. The molecule has 2 heterocycles. The predicted molar refractivity (Wildman–Crippen MR) is 128 cm³/mol. The molecular weight excluding hydrogens is 404 g/mol. The van der Waals surface area contributed by atoms with Gasteiger partial charge in [-0.05, 0) is 24.1 Å². The highest BCUT2D eigenvalue weighted by Crippen LogP contribution is 2.18. The highest BCUT2D eigenvalue weighted by Gasteiger charge is 2.19. The van der Waals surface area contributed by atoms with Crippen molar-refractivity contribution in [1.82, 2.24) is 18.7 Å². The van der Waals surface area contributed by atoms with E-state index >= 15 is 0 Å². The summed E-state index contributed by atoms with van der Waals surface area (Å²) < 4.78 is 4.21. The lowest BCUT2D eigenvalue weighted by molar-refractivity contribution is 0.702. The van der Waals surface area contributed by atoms with Crippen LogP contribution in [0.1, 0.15) is 18.1 Å². The van der Waals surface area contributed by atoms with Crippen molar-refractivity contribution >= 4 is 28.9 Å². The zero-order valence-electron chi connectivity index (χ0n) is 18.2. The van der Waals surface area contributed by atoms with Gasteiger partial charge in [0.15, 0.2) is 11.2 Å². The number of aryl methyl sites for hydroxylation is 1. The van der Waals surface area contributed by atoms with Crippen LogP contribution in [0.15, 0.2) is 81.4 Å². The van der Waals surface area contributed by atoms with Gasteiger partial charge in [0, 0.05) is 14.1 Å². The third kappa shape index (κ3) is 4.15. The van der Waals surface area contributed by atoms with Crippen LogP contribution in [0.25, 0.3) is 17.2 Å². The van der Waals surface area contributed by atoms with Gasteiger partial charge in [-0.25, -0.2) is 10.2 Å². The van der Waals surface area contributed by atoms with Crippen LogP contribution in [0.5, 0.6) is 0 Å². The van der Waals surface area contributed by atoms with E-state index < -0.39 is 11.2 Å². The summed E-state index contributed by atoms with van der Waals surface area (Å²) in [6, 6.07) is 19.7. The zero-order valence-corrected chi connectivity index (χ0v) is 18.2. The van der Waals surface area contributed by atoms with Crippen LogP contribution in [0.2, 0.25) is 0 Å². The Labute approximate surface area is 184 Å². The van der Waals surface area contributed by atoms with E-state index in [0.717, 1.165) is 21.4 Å². The molecule has 0 aliphatic heterocycles. The SMILES string of the molecule is CC(/C=C/c1ccccc1)=N\Nc1nc2c(c(=O)n(C)c(=O)n2C)n1Cc1ccccc1. The molecule has 0 aliphatic rings. The Morgan fingerprint density at radius 2 is 1.66 bits per heavy atom. The minimum absolute atomic E-state index is 0.309. The molecule has 0 aliphatic carbocycles. The first-order chi connectivity index (χ1) is 15.5. The van der Waals surface area contributed by atoms with Crippen LogP contribution in [0.4, 0.5) is 5.95 Å². The Morgan fingerprint density at radius 1 is 1.00 bits per heavy atom. The molecule has 0 amide bonds. The number of hydrazone groups is 1. The van der Waals surface area contributed by atoms with Crippen molar-refractivity contribution in [3.8, 4) is 0 Å². The molecule has 8 heteroatoms. The first kappa shape index (κ1) is 21.0. The molecule has 0 bridgehead atoms. The second-order valence-electron chi connectivity index (χ2n) is 7.49. The molecule has 32 heavy (non-hydrogen) atoms. The van der Waals surface area contributed by atoms with Gasteiger partial charge in [0.2, 0.25) is 5.95 Å².